The Labute approximate surface area is 98.8 Å². The van der Waals surface area contributed by atoms with Crippen molar-refractivity contribution in [3.63, 3.8) is 0 Å². The molecular formula is C10H7F3N2O3. The fourth-order valence-corrected chi connectivity index (χ4v) is 1.26. The molecule has 2 aromatic rings. The molecule has 0 radical (unpaired) electrons. The quantitative estimate of drug-likeness (QED) is 0.898. The zero-order valence-corrected chi connectivity index (χ0v) is 9.02. The second kappa shape index (κ2) is 4.21. The lowest BCUT2D eigenvalue weighted by molar-refractivity contribution is -0.146. The number of rotatable bonds is 2. The Hall–Kier alpha value is -2.25. The SMILES string of the molecule is COc1ccc(O)c(-c2nc(C(F)(F)F)no2)c1. The van der Waals surface area contributed by atoms with Gasteiger partial charge in [-0.05, 0) is 18.2 Å². The minimum absolute atomic E-state index is 0.0302. The van der Waals surface area contributed by atoms with E-state index < -0.39 is 17.9 Å². The maximum atomic E-state index is 12.3. The number of nitrogens with zero attached hydrogens (tertiary/aromatic N) is 2. The van der Waals surface area contributed by atoms with Crippen LogP contribution in [0.2, 0.25) is 0 Å². The van der Waals surface area contributed by atoms with E-state index in [1.54, 1.807) is 0 Å². The summed E-state index contributed by atoms with van der Waals surface area (Å²) in [6, 6.07) is 3.99. The lowest BCUT2D eigenvalue weighted by Crippen LogP contribution is -2.07. The van der Waals surface area contributed by atoms with Crippen molar-refractivity contribution in [3.05, 3.63) is 24.0 Å². The first-order valence-corrected chi connectivity index (χ1v) is 4.70. The van der Waals surface area contributed by atoms with Gasteiger partial charge < -0.3 is 14.4 Å². The number of hydrogen-bond acceptors (Lipinski definition) is 5. The topological polar surface area (TPSA) is 68.4 Å². The minimum atomic E-state index is -4.70. The average Bonchev–Trinajstić information content (AvgIpc) is 2.78. The van der Waals surface area contributed by atoms with Gasteiger partial charge in [-0.2, -0.15) is 18.2 Å². The van der Waals surface area contributed by atoms with Crippen molar-refractivity contribution in [1.29, 1.82) is 0 Å². The highest BCUT2D eigenvalue weighted by Crippen LogP contribution is 2.34. The molecule has 5 nitrogen and oxygen atoms in total. The number of hydrogen-bond donors (Lipinski definition) is 1. The number of ether oxygens (including phenoxy) is 1. The van der Waals surface area contributed by atoms with E-state index in [2.05, 4.69) is 14.7 Å². The molecule has 96 valence electrons. The van der Waals surface area contributed by atoms with Gasteiger partial charge in [-0.3, -0.25) is 0 Å². The fraction of sp³-hybridized carbons (Fsp3) is 0.200. The van der Waals surface area contributed by atoms with Crippen LogP contribution < -0.4 is 4.74 Å². The predicted octanol–water partition coefficient (Wildman–Crippen LogP) is 2.47. The number of aromatic hydroxyl groups is 1. The van der Waals surface area contributed by atoms with Crippen LogP contribution in [-0.2, 0) is 6.18 Å². The van der Waals surface area contributed by atoms with E-state index in [-0.39, 0.29) is 11.3 Å². The van der Waals surface area contributed by atoms with E-state index >= 15 is 0 Å². The van der Waals surface area contributed by atoms with Crippen LogP contribution in [0.25, 0.3) is 11.5 Å². The largest absolute Gasteiger partial charge is 0.507 e. The Kier molecular flexibility index (Phi) is 2.85. The fourth-order valence-electron chi connectivity index (χ4n) is 1.26. The van der Waals surface area contributed by atoms with E-state index in [0.29, 0.717) is 5.75 Å². The van der Waals surface area contributed by atoms with Crippen molar-refractivity contribution in [3.8, 4) is 23.0 Å². The summed E-state index contributed by atoms with van der Waals surface area (Å²) in [5, 5.41) is 12.3. The zero-order chi connectivity index (χ0) is 13.3. The summed E-state index contributed by atoms with van der Waals surface area (Å²) in [6.45, 7) is 0. The highest BCUT2D eigenvalue weighted by molar-refractivity contribution is 5.64. The first-order valence-electron chi connectivity index (χ1n) is 4.70. The summed E-state index contributed by atoms with van der Waals surface area (Å²) in [7, 11) is 1.38. The molecule has 1 aromatic carbocycles. The maximum absolute atomic E-state index is 12.3. The van der Waals surface area contributed by atoms with E-state index in [0.717, 1.165) is 0 Å². The maximum Gasteiger partial charge on any atom is 0.455 e. The van der Waals surface area contributed by atoms with Crippen molar-refractivity contribution in [1.82, 2.24) is 10.1 Å². The number of phenolic OH excluding ortho intramolecular Hbond substituents is 1. The Morgan fingerprint density at radius 1 is 1.33 bits per heavy atom. The molecular weight excluding hydrogens is 253 g/mol. The highest BCUT2D eigenvalue weighted by atomic mass is 19.4. The Morgan fingerprint density at radius 2 is 2.06 bits per heavy atom. The van der Waals surface area contributed by atoms with E-state index in [9.17, 15) is 18.3 Å². The van der Waals surface area contributed by atoms with Crippen LogP contribution in [0.4, 0.5) is 13.2 Å². The third-order valence-electron chi connectivity index (χ3n) is 2.11. The molecule has 2 rings (SSSR count). The summed E-state index contributed by atoms with van der Waals surface area (Å²) in [5.74, 6) is -1.78. The van der Waals surface area contributed by atoms with E-state index in [1.165, 1.54) is 25.3 Å². The number of halogens is 3. The first-order chi connectivity index (χ1) is 8.41. The molecule has 0 amide bonds. The molecule has 18 heavy (non-hydrogen) atoms. The Morgan fingerprint density at radius 3 is 2.61 bits per heavy atom. The van der Waals surface area contributed by atoms with Gasteiger partial charge in [0.05, 0.1) is 12.7 Å². The second-order valence-corrected chi connectivity index (χ2v) is 3.30. The van der Waals surface area contributed by atoms with Gasteiger partial charge in [0.15, 0.2) is 0 Å². The molecule has 1 aromatic heterocycles. The van der Waals surface area contributed by atoms with Crippen molar-refractivity contribution < 1.29 is 27.5 Å². The van der Waals surface area contributed by atoms with Crippen LogP contribution >= 0.6 is 0 Å². The number of methoxy groups -OCH3 is 1. The molecule has 0 aliphatic heterocycles. The lowest BCUT2D eigenvalue weighted by atomic mass is 10.2. The molecule has 0 aliphatic carbocycles. The molecule has 0 saturated heterocycles. The molecule has 0 fully saturated rings. The summed E-state index contributed by atoms with van der Waals surface area (Å²) < 4.78 is 46.2. The van der Waals surface area contributed by atoms with Gasteiger partial charge in [-0.25, -0.2) is 0 Å². The van der Waals surface area contributed by atoms with Crippen LogP contribution in [0.1, 0.15) is 5.82 Å². The standard InChI is InChI=1S/C10H7F3N2O3/c1-17-5-2-3-7(16)6(4-5)8-14-9(15-18-8)10(11,12)13/h2-4,16H,1H3. The predicted molar refractivity (Wildman–Crippen MR) is 53.0 cm³/mol. The first kappa shape index (κ1) is 12.2. The number of alkyl halides is 3. The number of phenols is 1. The number of benzene rings is 1. The molecule has 1 heterocycles. The average molecular weight is 260 g/mol. The molecule has 8 heteroatoms. The van der Waals surface area contributed by atoms with Crippen LogP contribution in [0.15, 0.2) is 22.7 Å². The van der Waals surface area contributed by atoms with Crippen LogP contribution in [-0.4, -0.2) is 22.4 Å². The molecule has 0 bridgehead atoms. The Bertz CT molecular complexity index is 566. The van der Waals surface area contributed by atoms with Crippen molar-refractivity contribution in [2.75, 3.05) is 7.11 Å². The van der Waals surface area contributed by atoms with Crippen LogP contribution in [0, 0.1) is 0 Å². The third-order valence-corrected chi connectivity index (χ3v) is 2.11. The monoisotopic (exact) mass is 260 g/mol. The van der Waals surface area contributed by atoms with E-state index in [4.69, 9.17) is 4.74 Å². The molecule has 0 saturated carbocycles. The molecule has 1 N–H and O–H groups in total. The lowest BCUT2D eigenvalue weighted by Gasteiger charge is -2.03. The van der Waals surface area contributed by atoms with Crippen LogP contribution in [0.3, 0.4) is 0 Å². The van der Waals surface area contributed by atoms with Gasteiger partial charge in [0.2, 0.25) is 0 Å². The smallest absolute Gasteiger partial charge is 0.455 e. The highest BCUT2D eigenvalue weighted by Gasteiger charge is 2.37. The molecule has 0 atom stereocenters. The summed E-state index contributed by atoms with van der Waals surface area (Å²) in [5.41, 5.74) is -0.0302. The minimum Gasteiger partial charge on any atom is -0.507 e. The molecule has 0 unspecified atom stereocenters. The Balaban J connectivity index is 2.45. The number of aromatic nitrogens is 2. The summed E-state index contributed by atoms with van der Waals surface area (Å²) in [6.07, 6.45) is -4.70. The second-order valence-electron chi connectivity index (χ2n) is 3.30. The van der Waals surface area contributed by atoms with Crippen molar-refractivity contribution in [2.45, 2.75) is 6.18 Å². The summed E-state index contributed by atoms with van der Waals surface area (Å²) in [4.78, 5) is 3.17. The third kappa shape index (κ3) is 2.22. The van der Waals surface area contributed by atoms with Crippen LogP contribution in [0.5, 0.6) is 11.5 Å². The van der Waals surface area contributed by atoms with Crippen molar-refractivity contribution in [2.24, 2.45) is 0 Å². The van der Waals surface area contributed by atoms with E-state index in [1.807, 2.05) is 0 Å². The normalized spacial score (nSPS) is 11.6. The molecule has 0 spiro atoms. The van der Waals surface area contributed by atoms with Gasteiger partial charge in [0.1, 0.15) is 11.5 Å². The van der Waals surface area contributed by atoms with Gasteiger partial charge in [-0.15, -0.1) is 0 Å². The summed E-state index contributed by atoms with van der Waals surface area (Å²) >= 11 is 0. The molecule has 0 aliphatic rings. The van der Waals surface area contributed by atoms with Crippen molar-refractivity contribution >= 4 is 0 Å². The van der Waals surface area contributed by atoms with Gasteiger partial charge in [-0.1, -0.05) is 5.16 Å². The van der Waals surface area contributed by atoms with Gasteiger partial charge in [0, 0.05) is 0 Å². The van der Waals surface area contributed by atoms with Gasteiger partial charge >= 0.3 is 6.18 Å². The van der Waals surface area contributed by atoms with Gasteiger partial charge in [0.25, 0.3) is 11.7 Å². The zero-order valence-electron chi connectivity index (χ0n) is 9.02.